The van der Waals surface area contributed by atoms with Crippen molar-refractivity contribution >= 4 is 23.6 Å². The Morgan fingerprint density at radius 1 is 1.24 bits per heavy atom. The fourth-order valence-corrected chi connectivity index (χ4v) is 3.44. The van der Waals surface area contributed by atoms with Gasteiger partial charge in [0.2, 0.25) is 5.91 Å². The van der Waals surface area contributed by atoms with Crippen molar-refractivity contribution in [3.05, 3.63) is 17.0 Å². The zero-order valence-electron chi connectivity index (χ0n) is 14.9. The molecule has 2 heterocycles. The van der Waals surface area contributed by atoms with Gasteiger partial charge in [0.05, 0.1) is 5.41 Å². The number of ether oxygens (including phenoxy) is 1. The monoisotopic (exact) mass is 367 g/mol. The van der Waals surface area contributed by atoms with Crippen molar-refractivity contribution in [2.24, 2.45) is 5.41 Å². The van der Waals surface area contributed by atoms with Gasteiger partial charge in [-0.3, -0.25) is 9.59 Å². The van der Waals surface area contributed by atoms with Gasteiger partial charge in [-0.05, 0) is 44.9 Å². The summed E-state index contributed by atoms with van der Waals surface area (Å²) >= 11 is 1.49. The number of nitrogens with one attached hydrogen (secondary N) is 1. The Morgan fingerprint density at radius 2 is 1.84 bits per heavy atom. The number of carbonyl (C=O) groups excluding carboxylic acids is 1. The second-order valence-electron chi connectivity index (χ2n) is 6.33. The van der Waals surface area contributed by atoms with Crippen LogP contribution in [0, 0.1) is 19.3 Å². The van der Waals surface area contributed by atoms with Crippen LogP contribution in [-0.4, -0.2) is 53.0 Å². The third kappa shape index (κ3) is 4.92. The molecule has 0 radical (unpaired) electrons. The molecule has 8 heteroatoms. The third-order valence-electron chi connectivity index (χ3n) is 4.71. The second-order valence-corrected chi connectivity index (χ2v) is 7.11. The highest BCUT2D eigenvalue weighted by Crippen LogP contribution is 2.30. The van der Waals surface area contributed by atoms with Gasteiger partial charge < -0.3 is 15.2 Å². The van der Waals surface area contributed by atoms with Crippen LogP contribution < -0.4 is 5.32 Å². The molecule has 25 heavy (non-hydrogen) atoms. The standard InChI is InChI=1S/C17H25N3O4S/c1-11-13(12(2)20-16(19-11)25-3)4-5-14(21)18-10-17(15(22)23)6-8-24-9-7-17/h4-10H2,1-3H3,(H,18,21)(H,22,23). The molecule has 0 atom stereocenters. The van der Waals surface area contributed by atoms with Crippen molar-refractivity contribution < 1.29 is 19.4 Å². The molecule has 1 aromatic heterocycles. The number of nitrogens with zero attached hydrogens (tertiary/aromatic N) is 2. The van der Waals surface area contributed by atoms with E-state index in [9.17, 15) is 14.7 Å². The lowest BCUT2D eigenvalue weighted by Crippen LogP contribution is -2.46. The van der Waals surface area contributed by atoms with E-state index in [-0.39, 0.29) is 18.9 Å². The van der Waals surface area contributed by atoms with Crippen molar-refractivity contribution in [2.45, 2.75) is 44.7 Å². The number of aryl methyl sites for hydroxylation is 2. The Balaban J connectivity index is 1.91. The number of carbonyl (C=O) groups is 2. The van der Waals surface area contributed by atoms with E-state index in [0.29, 0.717) is 32.5 Å². The summed E-state index contributed by atoms with van der Waals surface area (Å²) in [4.78, 5) is 32.6. The molecule has 1 amide bonds. The Kier molecular flexibility index (Phi) is 6.78. The maximum atomic E-state index is 12.2. The average molecular weight is 367 g/mol. The van der Waals surface area contributed by atoms with Gasteiger partial charge in [0, 0.05) is 37.6 Å². The van der Waals surface area contributed by atoms with Crippen LogP contribution in [0.15, 0.2) is 5.16 Å². The number of aliphatic carboxylic acids is 1. The van der Waals surface area contributed by atoms with Crippen molar-refractivity contribution in [1.82, 2.24) is 15.3 Å². The Labute approximate surface area is 152 Å². The van der Waals surface area contributed by atoms with Gasteiger partial charge in [-0.2, -0.15) is 0 Å². The maximum absolute atomic E-state index is 12.2. The van der Waals surface area contributed by atoms with E-state index in [4.69, 9.17) is 4.74 Å². The molecule has 1 saturated heterocycles. The maximum Gasteiger partial charge on any atom is 0.311 e. The Hall–Kier alpha value is -1.67. The van der Waals surface area contributed by atoms with Crippen molar-refractivity contribution in [2.75, 3.05) is 26.0 Å². The highest BCUT2D eigenvalue weighted by atomic mass is 32.2. The van der Waals surface area contributed by atoms with E-state index in [1.165, 1.54) is 11.8 Å². The van der Waals surface area contributed by atoms with Crippen LogP contribution in [-0.2, 0) is 20.7 Å². The number of thioether (sulfide) groups is 1. The largest absolute Gasteiger partial charge is 0.481 e. The molecule has 0 spiro atoms. The lowest BCUT2D eigenvalue weighted by Gasteiger charge is -2.33. The van der Waals surface area contributed by atoms with Gasteiger partial charge >= 0.3 is 5.97 Å². The highest BCUT2D eigenvalue weighted by molar-refractivity contribution is 7.98. The molecule has 2 rings (SSSR count). The summed E-state index contributed by atoms with van der Waals surface area (Å²) in [6.07, 6.45) is 3.60. The van der Waals surface area contributed by atoms with E-state index in [2.05, 4.69) is 15.3 Å². The summed E-state index contributed by atoms with van der Waals surface area (Å²) in [6.45, 7) is 4.82. The Morgan fingerprint density at radius 3 is 2.36 bits per heavy atom. The van der Waals surface area contributed by atoms with Crippen LogP contribution in [0.3, 0.4) is 0 Å². The van der Waals surface area contributed by atoms with Gasteiger partial charge in [-0.25, -0.2) is 9.97 Å². The van der Waals surface area contributed by atoms with Crippen LogP contribution in [0.1, 0.15) is 36.2 Å². The minimum atomic E-state index is -0.914. The van der Waals surface area contributed by atoms with E-state index >= 15 is 0 Å². The predicted molar refractivity (Wildman–Crippen MR) is 94.7 cm³/mol. The molecule has 1 fully saturated rings. The quantitative estimate of drug-likeness (QED) is 0.559. The first-order valence-electron chi connectivity index (χ1n) is 8.34. The molecule has 0 aliphatic carbocycles. The predicted octanol–water partition coefficient (Wildman–Crippen LogP) is 1.75. The first-order valence-corrected chi connectivity index (χ1v) is 9.56. The molecule has 0 unspecified atom stereocenters. The number of aromatic nitrogens is 2. The second kappa shape index (κ2) is 8.62. The third-order valence-corrected chi connectivity index (χ3v) is 5.26. The summed E-state index contributed by atoms with van der Waals surface area (Å²) in [6, 6.07) is 0. The number of rotatable bonds is 7. The minimum absolute atomic E-state index is 0.143. The molecular weight excluding hydrogens is 342 g/mol. The molecule has 2 N–H and O–H groups in total. The van der Waals surface area contributed by atoms with Gasteiger partial charge in [-0.1, -0.05) is 11.8 Å². The molecule has 7 nitrogen and oxygen atoms in total. The van der Waals surface area contributed by atoms with E-state index in [0.717, 1.165) is 22.1 Å². The van der Waals surface area contributed by atoms with Crippen molar-refractivity contribution in [1.29, 1.82) is 0 Å². The van der Waals surface area contributed by atoms with Crippen LogP contribution in [0.4, 0.5) is 0 Å². The normalized spacial score (nSPS) is 16.4. The van der Waals surface area contributed by atoms with Crippen molar-refractivity contribution in [3.63, 3.8) is 0 Å². The first kappa shape index (κ1) is 19.7. The van der Waals surface area contributed by atoms with Crippen molar-refractivity contribution in [3.8, 4) is 0 Å². The molecule has 138 valence electrons. The van der Waals surface area contributed by atoms with E-state index in [1.807, 2.05) is 20.1 Å². The summed E-state index contributed by atoms with van der Waals surface area (Å²) in [7, 11) is 0. The van der Waals surface area contributed by atoms with Gasteiger partial charge in [0.25, 0.3) is 0 Å². The molecule has 1 aliphatic rings. The molecule has 0 aromatic carbocycles. The number of carboxylic acid groups (broad SMARTS) is 1. The number of hydrogen-bond acceptors (Lipinski definition) is 6. The molecule has 0 saturated carbocycles. The summed E-state index contributed by atoms with van der Waals surface area (Å²) < 4.78 is 5.24. The van der Waals surface area contributed by atoms with Crippen LogP contribution in [0.2, 0.25) is 0 Å². The van der Waals surface area contributed by atoms with E-state index in [1.54, 1.807) is 0 Å². The molecular formula is C17H25N3O4S. The summed E-state index contributed by atoms with van der Waals surface area (Å²) in [5.41, 5.74) is 1.84. The molecule has 1 aromatic rings. The molecule has 1 aliphatic heterocycles. The zero-order chi connectivity index (χ0) is 18.4. The SMILES string of the molecule is CSc1nc(C)c(CCC(=O)NCC2(C(=O)O)CCOCC2)c(C)n1. The van der Waals surface area contributed by atoms with Gasteiger partial charge in [0.15, 0.2) is 5.16 Å². The smallest absolute Gasteiger partial charge is 0.311 e. The lowest BCUT2D eigenvalue weighted by molar-refractivity contribution is -0.154. The number of carboxylic acids is 1. The molecule has 0 bridgehead atoms. The number of amides is 1. The first-order chi connectivity index (χ1) is 11.9. The average Bonchev–Trinajstić information content (AvgIpc) is 2.59. The highest BCUT2D eigenvalue weighted by Gasteiger charge is 2.40. The van der Waals surface area contributed by atoms with Crippen LogP contribution in [0.5, 0.6) is 0 Å². The van der Waals surface area contributed by atoms with Crippen LogP contribution >= 0.6 is 11.8 Å². The van der Waals surface area contributed by atoms with Gasteiger partial charge in [-0.15, -0.1) is 0 Å². The fourth-order valence-electron chi connectivity index (χ4n) is 2.98. The summed E-state index contributed by atoms with van der Waals surface area (Å²) in [5, 5.41) is 13.0. The fraction of sp³-hybridized carbons (Fsp3) is 0.647. The topological polar surface area (TPSA) is 101 Å². The summed E-state index contributed by atoms with van der Waals surface area (Å²) in [5.74, 6) is -1.02. The van der Waals surface area contributed by atoms with Crippen LogP contribution in [0.25, 0.3) is 0 Å². The van der Waals surface area contributed by atoms with Gasteiger partial charge in [0.1, 0.15) is 0 Å². The minimum Gasteiger partial charge on any atom is -0.481 e. The van der Waals surface area contributed by atoms with E-state index < -0.39 is 11.4 Å². The Bertz CT molecular complexity index is 622. The number of hydrogen-bond donors (Lipinski definition) is 2. The lowest BCUT2D eigenvalue weighted by atomic mass is 9.80. The zero-order valence-corrected chi connectivity index (χ0v) is 15.7.